The van der Waals surface area contributed by atoms with E-state index in [1.165, 1.54) is 40.9 Å². The summed E-state index contributed by atoms with van der Waals surface area (Å²) in [7, 11) is -2.15. The van der Waals surface area contributed by atoms with E-state index in [0.717, 1.165) is 9.88 Å². The number of thiazole rings is 1. The third-order valence-electron chi connectivity index (χ3n) is 2.75. The molecule has 1 heterocycles. The van der Waals surface area contributed by atoms with E-state index >= 15 is 0 Å². The normalized spacial score (nSPS) is 11.9. The molecule has 8 heteroatoms. The first-order chi connectivity index (χ1) is 9.30. The van der Waals surface area contributed by atoms with E-state index in [1.807, 2.05) is 6.92 Å². The van der Waals surface area contributed by atoms with Crippen molar-refractivity contribution in [1.82, 2.24) is 9.29 Å². The fraction of sp³-hybridized carbons (Fsp3) is 0.250. The van der Waals surface area contributed by atoms with Crippen molar-refractivity contribution >= 4 is 27.0 Å². The number of phenols is 1. The van der Waals surface area contributed by atoms with Crippen LogP contribution in [0.2, 0.25) is 0 Å². The number of benzene rings is 1. The highest BCUT2D eigenvalue weighted by Crippen LogP contribution is 2.26. The van der Waals surface area contributed by atoms with Crippen molar-refractivity contribution in [1.29, 1.82) is 0 Å². The summed E-state index contributed by atoms with van der Waals surface area (Å²) in [5, 5.41) is 10.2. The maximum Gasteiger partial charge on any atom is 0.243 e. The second-order valence-electron chi connectivity index (χ2n) is 4.33. The Balaban J connectivity index is 2.27. The maximum absolute atomic E-state index is 12.4. The molecule has 0 bridgehead atoms. The first kappa shape index (κ1) is 14.8. The summed E-state index contributed by atoms with van der Waals surface area (Å²) in [6.45, 7) is 2.11. The molecule has 108 valence electrons. The van der Waals surface area contributed by atoms with Crippen LogP contribution in [0, 0.1) is 6.92 Å². The molecule has 1 aromatic heterocycles. The smallest absolute Gasteiger partial charge is 0.243 e. The molecule has 0 fully saturated rings. The highest BCUT2D eigenvalue weighted by Gasteiger charge is 2.22. The molecule has 3 N–H and O–H groups in total. The lowest BCUT2D eigenvalue weighted by atomic mass is 10.3. The summed E-state index contributed by atoms with van der Waals surface area (Å²) in [6, 6.07) is 3.85. The van der Waals surface area contributed by atoms with E-state index in [0.29, 0.717) is 0 Å². The lowest BCUT2D eigenvalue weighted by Gasteiger charge is -2.16. The largest absolute Gasteiger partial charge is 0.506 e. The maximum atomic E-state index is 12.4. The van der Waals surface area contributed by atoms with Gasteiger partial charge in [-0.2, -0.15) is 4.31 Å². The summed E-state index contributed by atoms with van der Waals surface area (Å²) in [6.07, 6.45) is 1.66. The van der Waals surface area contributed by atoms with Gasteiger partial charge in [-0.25, -0.2) is 13.4 Å². The minimum Gasteiger partial charge on any atom is -0.506 e. The molecule has 0 amide bonds. The monoisotopic (exact) mass is 313 g/mol. The number of hydrogen-bond donors (Lipinski definition) is 2. The molecule has 0 spiro atoms. The number of sulfonamides is 1. The highest BCUT2D eigenvalue weighted by atomic mass is 32.2. The molecule has 0 saturated carbocycles. The van der Waals surface area contributed by atoms with E-state index in [-0.39, 0.29) is 22.9 Å². The van der Waals surface area contributed by atoms with Gasteiger partial charge in [-0.15, -0.1) is 11.3 Å². The number of aryl methyl sites for hydroxylation is 1. The van der Waals surface area contributed by atoms with Gasteiger partial charge in [-0.1, -0.05) is 0 Å². The van der Waals surface area contributed by atoms with Gasteiger partial charge in [-0.3, -0.25) is 0 Å². The van der Waals surface area contributed by atoms with Crippen LogP contribution in [0.4, 0.5) is 5.69 Å². The second-order valence-corrected chi connectivity index (χ2v) is 7.69. The predicted molar refractivity (Wildman–Crippen MR) is 78.0 cm³/mol. The Hall–Kier alpha value is -1.64. The molecule has 6 nitrogen and oxygen atoms in total. The number of nitrogens with zero attached hydrogens (tertiary/aromatic N) is 2. The topological polar surface area (TPSA) is 96.5 Å². The summed E-state index contributed by atoms with van der Waals surface area (Å²) < 4.78 is 26.0. The Bertz CT molecular complexity index is 725. The van der Waals surface area contributed by atoms with E-state index in [4.69, 9.17) is 5.73 Å². The van der Waals surface area contributed by atoms with Crippen LogP contribution in [0.5, 0.6) is 5.75 Å². The number of phenolic OH excluding ortho intramolecular Hbond substituents is 1. The van der Waals surface area contributed by atoms with E-state index in [2.05, 4.69) is 4.98 Å². The van der Waals surface area contributed by atoms with Crippen molar-refractivity contribution < 1.29 is 13.5 Å². The van der Waals surface area contributed by atoms with Gasteiger partial charge >= 0.3 is 0 Å². The zero-order valence-electron chi connectivity index (χ0n) is 11.1. The first-order valence-electron chi connectivity index (χ1n) is 5.77. The molecule has 0 radical (unpaired) electrons. The van der Waals surface area contributed by atoms with Crippen molar-refractivity contribution in [2.24, 2.45) is 0 Å². The van der Waals surface area contributed by atoms with Crippen LogP contribution >= 0.6 is 11.3 Å². The minimum atomic E-state index is -3.65. The predicted octanol–water partition coefficient (Wildman–Crippen LogP) is 1.56. The van der Waals surface area contributed by atoms with Crippen molar-refractivity contribution in [3.05, 3.63) is 34.3 Å². The van der Waals surface area contributed by atoms with Crippen molar-refractivity contribution in [2.45, 2.75) is 18.4 Å². The molecule has 0 unspecified atom stereocenters. The van der Waals surface area contributed by atoms with Crippen molar-refractivity contribution in [3.8, 4) is 5.75 Å². The number of anilines is 1. The molecule has 2 rings (SSSR count). The summed E-state index contributed by atoms with van der Waals surface area (Å²) >= 11 is 1.45. The van der Waals surface area contributed by atoms with Gasteiger partial charge in [0, 0.05) is 24.7 Å². The summed E-state index contributed by atoms with van der Waals surface area (Å²) in [5.41, 5.74) is 5.57. The molecule has 2 aromatic rings. The lowest BCUT2D eigenvalue weighted by molar-refractivity contribution is 0.467. The number of rotatable bonds is 4. The van der Waals surface area contributed by atoms with Crippen LogP contribution in [0.25, 0.3) is 0 Å². The fourth-order valence-corrected chi connectivity index (χ4v) is 3.77. The number of hydrogen-bond acceptors (Lipinski definition) is 6. The molecule has 0 aliphatic carbocycles. The Morgan fingerprint density at radius 2 is 2.15 bits per heavy atom. The van der Waals surface area contributed by atoms with Crippen LogP contribution < -0.4 is 5.73 Å². The lowest BCUT2D eigenvalue weighted by Crippen LogP contribution is -2.26. The van der Waals surface area contributed by atoms with Crippen LogP contribution in [-0.2, 0) is 16.6 Å². The zero-order chi connectivity index (χ0) is 14.9. The minimum absolute atomic E-state index is 0.0353. The molecular weight excluding hydrogens is 298 g/mol. The summed E-state index contributed by atoms with van der Waals surface area (Å²) in [4.78, 5) is 5.01. The zero-order valence-corrected chi connectivity index (χ0v) is 12.7. The SMILES string of the molecule is Cc1ncc(CN(C)S(=O)(=O)c2ccc(O)c(N)c2)s1. The average molecular weight is 313 g/mol. The van der Waals surface area contributed by atoms with Gasteiger partial charge in [0.2, 0.25) is 10.0 Å². The Morgan fingerprint density at radius 3 is 2.70 bits per heavy atom. The third-order valence-corrected chi connectivity index (χ3v) is 5.45. The Labute approximate surface area is 121 Å². The molecular formula is C12H15N3O3S2. The van der Waals surface area contributed by atoms with Crippen molar-refractivity contribution in [3.63, 3.8) is 0 Å². The molecule has 0 saturated heterocycles. The number of nitrogen functional groups attached to an aromatic ring is 1. The van der Waals surface area contributed by atoms with Gasteiger partial charge in [0.15, 0.2) is 0 Å². The Morgan fingerprint density at radius 1 is 1.45 bits per heavy atom. The Kier molecular flexibility index (Phi) is 3.98. The molecule has 0 aliphatic rings. The third kappa shape index (κ3) is 2.92. The van der Waals surface area contributed by atoms with E-state index < -0.39 is 10.0 Å². The van der Waals surface area contributed by atoms with Crippen LogP contribution in [-0.4, -0.2) is 29.9 Å². The number of aromatic hydroxyl groups is 1. The molecule has 1 aromatic carbocycles. The quantitative estimate of drug-likeness (QED) is 0.659. The van der Waals surface area contributed by atoms with Crippen LogP contribution in [0.1, 0.15) is 9.88 Å². The van der Waals surface area contributed by atoms with Gasteiger partial charge in [0.05, 0.1) is 15.6 Å². The molecule has 20 heavy (non-hydrogen) atoms. The van der Waals surface area contributed by atoms with Gasteiger partial charge in [0.25, 0.3) is 0 Å². The van der Waals surface area contributed by atoms with Gasteiger partial charge in [-0.05, 0) is 25.1 Å². The van der Waals surface area contributed by atoms with Gasteiger partial charge in [0.1, 0.15) is 5.75 Å². The van der Waals surface area contributed by atoms with Gasteiger partial charge < -0.3 is 10.8 Å². The number of aromatic nitrogens is 1. The van der Waals surface area contributed by atoms with Crippen LogP contribution in [0.3, 0.4) is 0 Å². The fourth-order valence-electron chi connectivity index (χ4n) is 1.66. The first-order valence-corrected chi connectivity index (χ1v) is 8.02. The summed E-state index contributed by atoms with van der Waals surface area (Å²) in [5.74, 6) is -0.135. The van der Waals surface area contributed by atoms with E-state index in [9.17, 15) is 13.5 Å². The molecule has 0 aliphatic heterocycles. The van der Waals surface area contributed by atoms with Crippen molar-refractivity contribution in [2.75, 3.05) is 12.8 Å². The second kappa shape index (κ2) is 5.39. The average Bonchev–Trinajstić information content (AvgIpc) is 2.78. The standard InChI is InChI=1S/C12H15N3O3S2/c1-8-14-6-9(19-8)7-15(2)20(17,18)10-3-4-12(16)11(13)5-10/h3-6,16H,7,13H2,1-2H3. The van der Waals surface area contributed by atoms with E-state index in [1.54, 1.807) is 6.20 Å². The highest BCUT2D eigenvalue weighted by molar-refractivity contribution is 7.89. The number of nitrogens with two attached hydrogens (primary N) is 1. The molecule has 0 atom stereocenters. The van der Waals surface area contributed by atoms with Crippen LogP contribution in [0.15, 0.2) is 29.3 Å².